The number of aromatic amines is 1. The molecule has 0 saturated carbocycles. The van der Waals surface area contributed by atoms with E-state index in [1.54, 1.807) is 36.4 Å². The van der Waals surface area contributed by atoms with Crippen LogP contribution in [-0.2, 0) is 0 Å². The van der Waals surface area contributed by atoms with Crippen LogP contribution in [0, 0.1) is 0 Å². The van der Waals surface area contributed by atoms with Crippen LogP contribution in [0.1, 0.15) is 5.56 Å². The lowest BCUT2D eigenvalue weighted by Crippen LogP contribution is -2.07. The molecular formula is C17H14N2O4. The standard InChI is InChI=1S/C17H14N2O4/c1-23-15-7-6-10(8-14(15)20)18-9-13-11-4-2-3-5-12(11)16(21)19-17(13)22/h2-9,20H,1H3,(H2,19,21,22). The van der Waals surface area contributed by atoms with Crippen LogP contribution in [-0.4, -0.2) is 28.5 Å². The van der Waals surface area contributed by atoms with Crippen molar-refractivity contribution in [3.05, 3.63) is 58.4 Å². The number of nitrogens with one attached hydrogen (secondary N) is 1. The summed E-state index contributed by atoms with van der Waals surface area (Å²) in [6, 6.07) is 11.6. The van der Waals surface area contributed by atoms with E-state index in [1.165, 1.54) is 19.4 Å². The predicted molar refractivity (Wildman–Crippen MR) is 88.1 cm³/mol. The van der Waals surface area contributed by atoms with E-state index in [1.807, 2.05) is 0 Å². The molecule has 0 amide bonds. The molecule has 0 bridgehead atoms. The van der Waals surface area contributed by atoms with Crippen molar-refractivity contribution in [1.29, 1.82) is 0 Å². The highest BCUT2D eigenvalue weighted by Crippen LogP contribution is 2.30. The zero-order chi connectivity index (χ0) is 16.4. The molecule has 0 fully saturated rings. The largest absolute Gasteiger partial charge is 0.504 e. The lowest BCUT2D eigenvalue weighted by atomic mass is 10.1. The number of aromatic nitrogens is 1. The molecule has 1 heterocycles. The highest BCUT2D eigenvalue weighted by molar-refractivity contribution is 6.01. The van der Waals surface area contributed by atoms with Gasteiger partial charge < -0.3 is 14.9 Å². The van der Waals surface area contributed by atoms with Gasteiger partial charge in [0.05, 0.1) is 18.4 Å². The minimum atomic E-state index is -0.364. The summed E-state index contributed by atoms with van der Waals surface area (Å²) >= 11 is 0. The number of aliphatic imine (C=N–C) groups is 1. The number of phenolic OH excluding ortho intramolecular Hbond substituents is 1. The van der Waals surface area contributed by atoms with E-state index < -0.39 is 0 Å². The van der Waals surface area contributed by atoms with Crippen molar-refractivity contribution < 1.29 is 14.9 Å². The van der Waals surface area contributed by atoms with E-state index >= 15 is 0 Å². The summed E-state index contributed by atoms with van der Waals surface area (Å²) in [5.74, 6) is 0.0640. The Hall–Kier alpha value is -3.28. The summed E-state index contributed by atoms with van der Waals surface area (Å²) in [5, 5.41) is 20.8. The van der Waals surface area contributed by atoms with E-state index in [0.717, 1.165) is 0 Å². The number of hydrogen-bond donors (Lipinski definition) is 3. The normalized spacial score (nSPS) is 11.2. The van der Waals surface area contributed by atoms with Crippen LogP contribution in [0.25, 0.3) is 10.8 Å². The Morgan fingerprint density at radius 1 is 1.13 bits per heavy atom. The van der Waals surface area contributed by atoms with E-state index in [4.69, 9.17) is 4.74 Å². The molecule has 0 aliphatic heterocycles. The van der Waals surface area contributed by atoms with Crippen LogP contribution in [0.15, 0.2) is 52.3 Å². The first-order chi connectivity index (χ1) is 11.1. The summed E-state index contributed by atoms with van der Waals surface area (Å²) in [6.45, 7) is 0. The maximum Gasteiger partial charge on any atom is 0.258 e. The number of aromatic hydroxyl groups is 2. The van der Waals surface area contributed by atoms with Crippen LogP contribution in [0.4, 0.5) is 5.69 Å². The number of hydrogen-bond acceptors (Lipinski definition) is 5. The van der Waals surface area contributed by atoms with Gasteiger partial charge in [0, 0.05) is 23.1 Å². The number of methoxy groups -OCH3 is 1. The molecule has 6 nitrogen and oxygen atoms in total. The highest BCUT2D eigenvalue weighted by atomic mass is 16.5. The second kappa shape index (κ2) is 5.84. The molecule has 0 unspecified atom stereocenters. The lowest BCUT2D eigenvalue weighted by molar-refractivity contribution is 0.373. The fourth-order valence-corrected chi connectivity index (χ4v) is 2.31. The van der Waals surface area contributed by atoms with Gasteiger partial charge in [-0.2, -0.15) is 0 Å². The smallest absolute Gasteiger partial charge is 0.258 e. The number of phenols is 1. The fraction of sp³-hybridized carbons (Fsp3) is 0.0588. The quantitative estimate of drug-likeness (QED) is 0.648. The van der Waals surface area contributed by atoms with E-state index in [0.29, 0.717) is 27.8 Å². The van der Waals surface area contributed by atoms with Gasteiger partial charge in [0.15, 0.2) is 11.5 Å². The molecular weight excluding hydrogens is 296 g/mol. The van der Waals surface area contributed by atoms with Gasteiger partial charge in [-0.15, -0.1) is 0 Å². The number of nitrogens with zero attached hydrogens (tertiary/aromatic N) is 1. The first-order valence-electron chi connectivity index (χ1n) is 6.85. The van der Waals surface area contributed by atoms with Gasteiger partial charge in [-0.25, -0.2) is 0 Å². The van der Waals surface area contributed by atoms with Gasteiger partial charge in [-0.05, 0) is 18.2 Å². The minimum absolute atomic E-state index is 0.0299. The molecule has 3 rings (SSSR count). The Balaban J connectivity index is 2.08. The Morgan fingerprint density at radius 3 is 2.57 bits per heavy atom. The maximum absolute atomic E-state index is 11.8. The molecule has 0 radical (unpaired) electrons. The van der Waals surface area contributed by atoms with E-state index in [2.05, 4.69) is 9.98 Å². The third-order valence-electron chi connectivity index (χ3n) is 3.45. The average molecular weight is 310 g/mol. The van der Waals surface area contributed by atoms with Gasteiger partial charge >= 0.3 is 0 Å². The SMILES string of the molecule is COc1ccc(N=Cc2c(O)[nH]c(=O)c3ccccc23)cc1O. The van der Waals surface area contributed by atoms with Crippen LogP contribution in [0.3, 0.4) is 0 Å². The van der Waals surface area contributed by atoms with E-state index in [-0.39, 0.29) is 17.2 Å². The van der Waals surface area contributed by atoms with Crippen molar-refractivity contribution in [2.45, 2.75) is 0 Å². The predicted octanol–water partition coefficient (Wildman–Crippen LogP) is 2.70. The number of pyridine rings is 1. The molecule has 116 valence electrons. The van der Waals surface area contributed by atoms with Gasteiger partial charge in [0.25, 0.3) is 5.56 Å². The van der Waals surface area contributed by atoms with Crippen LogP contribution in [0.5, 0.6) is 17.4 Å². The summed E-state index contributed by atoms with van der Waals surface area (Å²) in [5.41, 5.74) is 0.519. The Bertz CT molecular complexity index is 960. The summed E-state index contributed by atoms with van der Waals surface area (Å²) in [6.07, 6.45) is 1.44. The van der Waals surface area contributed by atoms with Crippen LogP contribution >= 0.6 is 0 Å². The molecule has 0 spiro atoms. The van der Waals surface area contributed by atoms with Crippen molar-refractivity contribution in [2.75, 3.05) is 7.11 Å². The lowest BCUT2D eigenvalue weighted by Gasteiger charge is -2.05. The van der Waals surface area contributed by atoms with Crippen molar-refractivity contribution in [2.24, 2.45) is 4.99 Å². The third kappa shape index (κ3) is 2.74. The summed E-state index contributed by atoms with van der Waals surface area (Å²) in [4.78, 5) is 18.5. The Labute approximate surface area is 131 Å². The highest BCUT2D eigenvalue weighted by Gasteiger charge is 2.08. The van der Waals surface area contributed by atoms with Gasteiger partial charge in [0.2, 0.25) is 5.88 Å². The second-order valence-electron chi connectivity index (χ2n) is 4.88. The molecule has 3 aromatic rings. The molecule has 0 atom stereocenters. The number of rotatable bonds is 3. The van der Waals surface area contributed by atoms with Crippen molar-refractivity contribution in [3.8, 4) is 17.4 Å². The van der Waals surface area contributed by atoms with E-state index in [9.17, 15) is 15.0 Å². The molecule has 3 N–H and O–H groups in total. The van der Waals surface area contributed by atoms with Crippen molar-refractivity contribution >= 4 is 22.7 Å². The van der Waals surface area contributed by atoms with Crippen LogP contribution in [0.2, 0.25) is 0 Å². The molecule has 2 aromatic carbocycles. The van der Waals surface area contributed by atoms with Gasteiger partial charge in [0.1, 0.15) is 0 Å². The number of benzene rings is 2. The molecule has 6 heteroatoms. The number of ether oxygens (including phenoxy) is 1. The number of fused-ring (bicyclic) bond motifs is 1. The van der Waals surface area contributed by atoms with Crippen LogP contribution < -0.4 is 10.3 Å². The molecule has 0 aliphatic carbocycles. The first kappa shape index (κ1) is 14.6. The fourth-order valence-electron chi connectivity index (χ4n) is 2.31. The molecule has 23 heavy (non-hydrogen) atoms. The van der Waals surface area contributed by atoms with Crippen molar-refractivity contribution in [3.63, 3.8) is 0 Å². The summed E-state index contributed by atoms with van der Waals surface area (Å²) in [7, 11) is 1.46. The topological polar surface area (TPSA) is 94.9 Å². The minimum Gasteiger partial charge on any atom is -0.504 e. The third-order valence-corrected chi connectivity index (χ3v) is 3.45. The Morgan fingerprint density at radius 2 is 1.87 bits per heavy atom. The van der Waals surface area contributed by atoms with Gasteiger partial charge in [-0.1, -0.05) is 18.2 Å². The molecule has 1 aromatic heterocycles. The van der Waals surface area contributed by atoms with Crippen molar-refractivity contribution in [1.82, 2.24) is 4.98 Å². The molecule has 0 aliphatic rings. The Kier molecular flexibility index (Phi) is 3.72. The van der Waals surface area contributed by atoms with Gasteiger partial charge in [-0.3, -0.25) is 14.8 Å². The second-order valence-corrected chi connectivity index (χ2v) is 4.88. The first-order valence-corrected chi connectivity index (χ1v) is 6.85. The maximum atomic E-state index is 11.8. The zero-order valence-electron chi connectivity index (χ0n) is 12.3. The summed E-state index contributed by atoms with van der Waals surface area (Å²) < 4.78 is 4.97. The zero-order valence-corrected chi connectivity index (χ0v) is 12.3. The monoisotopic (exact) mass is 310 g/mol. The molecule has 0 saturated heterocycles. The number of H-pyrrole nitrogens is 1. The average Bonchev–Trinajstić information content (AvgIpc) is 2.55.